The first-order valence-corrected chi connectivity index (χ1v) is 9.09. The van der Waals surface area contributed by atoms with Crippen LogP contribution in [0.2, 0.25) is 0 Å². The Bertz CT molecular complexity index is 1080. The Morgan fingerprint density at radius 2 is 1.87 bits per heavy atom. The monoisotopic (exact) mass is 401 g/mol. The van der Waals surface area contributed by atoms with E-state index in [2.05, 4.69) is 16.0 Å². The smallest absolute Gasteiger partial charge is 0.276 e. The Morgan fingerprint density at radius 3 is 2.67 bits per heavy atom. The first-order valence-electron chi connectivity index (χ1n) is 9.09. The van der Waals surface area contributed by atoms with Gasteiger partial charge in [-0.2, -0.15) is 10.4 Å². The van der Waals surface area contributed by atoms with Gasteiger partial charge in [0.25, 0.3) is 11.8 Å². The molecular formula is C22H19N5O3. The second kappa shape index (κ2) is 10.2. The van der Waals surface area contributed by atoms with E-state index in [9.17, 15) is 9.59 Å². The standard InChI is InChI=1S/C22H19N5O3/c23-12-19-8-4-5-9-20(19)30-16-22(29)26-25-21(28)11-10-18-13-24-27(15-18)14-17-6-2-1-3-7-17/h1-11,13,15H,14,16H2,(H,25,28)(H,26,29)/b11-10+. The van der Waals surface area contributed by atoms with Gasteiger partial charge < -0.3 is 4.74 Å². The molecule has 0 spiro atoms. The third-order valence-electron chi connectivity index (χ3n) is 3.96. The van der Waals surface area contributed by atoms with Crippen molar-refractivity contribution in [2.45, 2.75) is 6.54 Å². The molecule has 30 heavy (non-hydrogen) atoms. The molecule has 1 aromatic heterocycles. The van der Waals surface area contributed by atoms with Gasteiger partial charge in [0.1, 0.15) is 11.8 Å². The molecule has 2 N–H and O–H groups in total. The van der Waals surface area contributed by atoms with Crippen LogP contribution < -0.4 is 15.6 Å². The van der Waals surface area contributed by atoms with Gasteiger partial charge in [-0.3, -0.25) is 25.1 Å². The summed E-state index contributed by atoms with van der Waals surface area (Å²) in [4.78, 5) is 23.7. The minimum absolute atomic E-state index is 0.300. The Morgan fingerprint density at radius 1 is 1.10 bits per heavy atom. The molecule has 3 aromatic rings. The van der Waals surface area contributed by atoms with E-state index in [-0.39, 0.29) is 6.61 Å². The molecule has 8 heteroatoms. The first-order chi connectivity index (χ1) is 14.6. The van der Waals surface area contributed by atoms with Crippen LogP contribution in [0.4, 0.5) is 0 Å². The summed E-state index contributed by atoms with van der Waals surface area (Å²) in [5, 5.41) is 13.2. The summed E-state index contributed by atoms with van der Waals surface area (Å²) in [5.41, 5.74) is 6.71. The van der Waals surface area contributed by atoms with Gasteiger partial charge in [-0.1, -0.05) is 42.5 Å². The summed E-state index contributed by atoms with van der Waals surface area (Å²) in [6, 6.07) is 18.4. The van der Waals surface area contributed by atoms with Crippen molar-refractivity contribution in [1.82, 2.24) is 20.6 Å². The summed E-state index contributed by atoms with van der Waals surface area (Å²) in [6.07, 6.45) is 6.34. The van der Waals surface area contributed by atoms with Crippen molar-refractivity contribution >= 4 is 17.9 Å². The number of hydrogen-bond donors (Lipinski definition) is 2. The lowest BCUT2D eigenvalue weighted by Gasteiger charge is -2.08. The molecule has 0 fully saturated rings. The van der Waals surface area contributed by atoms with Crippen molar-refractivity contribution in [2.24, 2.45) is 0 Å². The molecule has 0 saturated heterocycles. The largest absolute Gasteiger partial charge is 0.482 e. The van der Waals surface area contributed by atoms with Crippen LogP contribution >= 0.6 is 0 Å². The number of carbonyl (C=O) groups is 2. The number of nitriles is 1. The summed E-state index contributed by atoms with van der Waals surface area (Å²) in [5.74, 6) is -0.759. The fraction of sp³-hybridized carbons (Fsp3) is 0.0909. The van der Waals surface area contributed by atoms with Crippen molar-refractivity contribution in [2.75, 3.05) is 6.61 Å². The minimum Gasteiger partial charge on any atom is -0.482 e. The van der Waals surface area contributed by atoms with Crippen molar-refractivity contribution in [1.29, 1.82) is 5.26 Å². The zero-order valence-electron chi connectivity index (χ0n) is 16.0. The molecule has 0 saturated carbocycles. The van der Waals surface area contributed by atoms with E-state index < -0.39 is 11.8 Å². The number of ether oxygens (including phenoxy) is 1. The zero-order chi connectivity index (χ0) is 21.2. The van der Waals surface area contributed by atoms with E-state index in [4.69, 9.17) is 10.00 Å². The number of rotatable bonds is 7. The summed E-state index contributed by atoms with van der Waals surface area (Å²) >= 11 is 0. The number of hydrogen-bond acceptors (Lipinski definition) is 5. The van der Waals surface area contributed by atoms with E-state index in [1.54, 1.807) is 41.2 Å². The molecule has 0 bridgehead atoms. The summed E-state index contributed by atoms with van der Waals surface area (Å²) < 4.78 is 7.06. The molecule has 0 aliphatic heterocycles. The molecule has 0 aliphatic carbocycles. The molecule has 2 aromatic carbocycles. The molecular weight excluding hydrogens is 382 g/mol. The molecule has 0 aliphatic rings. The average molecular weight is 401 g/mol. The van der Waals surface area contributed by atoms with E-state index >= 15 is 0 Å². The highest BCUT2D eigenvalue weighted by molar-refractivity contribution is 5.93. The van der Waals surface area contributed by atoms with E-state index in [0.717, 1.165) is 11.1 Å². The van der Waals surface area contributed by atoms with Gasteiger partial charge in [-0.15, -0.1) is 0 Å². The van der Waals surface area contributed by atoms with Crippen LogP contribution in [0.3, 0.4) is 0 Å². The highest BCUT2D eigenvalue weighted by atomic mass is 16.5. The molecule has 1 heterocycles. The molecule has 0 atom stereocenters. The highest BCUT2D eigenvalue weighted by Crippen LogP contribution is 2.16. The fourth-order valence-corrected chi connectivity index (χ4v) is 2.53. The highest BCUT2D eigenvalue weighted by Gasteiger charge is 2.07. The van der Waals surface area contributed by atoms with Gasteiger partial charge in [0, 0.05) is 17.8 Å². The van der Waals surface area contributed by atoms with Gasteiger partial charge in [0.15, 0.2) is 6.61 Å². The topological polar surface area (TPSA) is 109 Å². The van der Waals surface area contributed by atoms with Crippen LogP contribution in [0.25, 0.3) is 6.08 Å². The van der Waals surface area contributed by atoms with E-state index in [1.807, 2.05) is 42.6 Å². The van der Waals surface area contributed by atoms with E-state index in [0.29, 0.717) is 17.9 Å². The maximum absolute atomic E-state index is 11.9. The lowest BCUT2D eigenvalue weighted by atomic mass is 10.2. The lowest BCUT2D eigenvalue weighted by Crippen LogP contribution is -2.43. The maximum Gasteiger partial charge on any atom is 0.276 e. The second-order valence-electron chi connectivity index (χ2n) is 6.22. The number of aromatic nitrogens is 2. The first kappa shape index (κ1) is 20.4. The van der Waals surface area contributed by atoms with Gasteiger partial charge >= 0.3 is 0 Å². The van der Waals surface area contributed by atoms with E-state index in [1.165, 1.54) is 6.08 Å². The Hall–Kier alpha value is -4.38. The van der Waals surface area contributed by atoms with Crippen LogP contribution in [-0.2, 0) is 16.1 Å². The number of amides is 2. The van der Waals surface area contributed by atoms with Crippen molar-refractivity contribution in [3.63, 3.8) is 0 Å². The Balaban J connectivity index is 1.42. The van der Waals surface area contributed by atoms with Gasteiger partial charge in [0.2, 0.25) is 0 Å². The average Bonchev–Trinajstić information content (AvgIpc) is 3.23. The third kappa shape index (κ3) is 6.07. The van der Waals surface area contributed by atoms with Crippen molar-refractivity contribution < 1.29 is 14.3 Å². The normalized spacial score (nSPS) is 10.4. The van der Waals surface area contributed by atoms with Crippen molar-refractivity contribution in [3.8, 4) is 11.8 Å². The molecule has 0 unspecified atom stereocenters. The lowest BCUT2D eigenvalue weighted by molar-refractivity contribution is -0.128. The number of para-hydroxylation sites is 1. The predicted octanol–water partition coefficient (Wildman–Crippen LogP) is 2.04. The number of carbonyl (C=O) groups excluding carboxylic acids is 2. The fourth-order valence-electron chi connectivity index (χ4n) is 2.53. The molecule has 0 radical (unpaired) electrons. The Labute approximate surface area is 173 Å². The number of benzene rings is 2. The summed E-state index contributed by atoms with van der Waals surface area (Å²) in [6.45, 7) is 0.292. The predicted molar refractivity (Wildman–Crippen MR) is 110 cm³/mol. The molecule has 150 valence electrons. The number of nitrogens with zero attached hydrogens (tertiary/aromatic N) is 3. The quantitative estimate of drug-likeness (QED) is 0.465. The second-order valence-corrected chi connectivity index (χ2v) is 6.22. The van der Waals surface area contributed by atoms with Gasteiger partial charge in [-0.05, 0) is 23.8 Å². The van der Waals surface area contributed by atoms with Gasteiger partial charge in [0.05, 0.1) is 18.3 Å². The third-order valence-corrected chi connectivity index (χ3v) is 3.96. The Kier molecular flexibility index (Phi) is 6.95. The molecule has 2 amide bonds. The minimum atomic E-state index is -0.555. The summed E-state index contributed by atoms with van der Waals surface area (Å²) in [7, 11) is 0. The van der Waals surface area contributed by atoms with Crippen LogP contribution in [0.1, 0.15) is 16.7 Å². The molecule has 3 rings (SSSR count). The SMILES string of the molecule is N#Cc1ccccc1OCC(=O)NNC(=O)/C=C/c1cnn(Cc2ccccc2)c1. The number of hydrazine groups is 1. The van der Waals surface area contributed by atoms with Crippen LogP contribution in [0, 0.1) is 11.3 Å². The zero-order valence-corrected chi connectivity index (χ0v) is 16.0. The van der Waals surface area contributed by atoms with Crippen LogP contribution in [0.5, 0.6) is 5.75 Å². The van der Waals surface area contributed by atoms with Crippen LogP contribution in [-0.4, -0.2) is 28.2 Å². The van der Waals surface area contributed by atoms with Crippen molar-refractivity contribution in [3.05, 3.63) is 89.8 Å². The number of nitrogens with one attached hydrogen (secondary N) is 2. The maximum atomic E-state index is 11.9. The van der Waals surface area contributed by atoms with Crippen LogP contribution in [0.15, 0.2) is 73.1 Å². The van der Waals surface area contributed by atoms with Gasteiger partial charge in [-0.25, -0.2) is 0 Å². The molecule has 8 nitrogen and oxygen atoms in total.